The maximum atomic E-state index is 12.2. The third-order valence-corrected chi connectivity index (χ3v) is 3.66. The van der Waals surface area contributed by atoms with Crippen LogP contribution < -0.4 is 10.2 Å². The Morgan fingerprint density at radius 3 is 3.00 bits per heavy atom. The first kappa shape index (κ1) is 13.2. The SMILES string of the molecule is CSCC[C@@H]1NC(=S)N(c2cccc(O)c2)C1=O. The van der Waals surface area contributed by atoms with Crippen LogP contribution in [0.5, 0.6) is 5.75 Å². The second-order valence-corrected chi connectivity index (χ2v) is 5.35. The Morgan fingerprint density at radius 1 is 1.56 bits per heavy atom. The molecule has 4 nitrogen and oxygen atoms in total. The number of phenols is 1. The predicted molar refractivity (Wildman–Crippen MR) is 78.1 cm³/mol. The summed E-state index contributed by atoms with van der Waals surface area (Å²) >= 11 is 6.87. The molecule has 18 heavy (non-hydrogen) atoms. The van der Waals surface area contributed by atoms with Crippen molar-refractivity contribution in [3.05, 3.63) is 24.3 Å². The van der Waals surface area contributed by atoms with Crippen molar-refractivity contribution in [2.24, 2.45) is 0 Å². The molecule has 1 heterocycles. The van der Waals surface area contributed by atoms with Gasteiger partial charge in [-0.2, -0.15) is 11.8 Å². The van der Waals surface area contributed by atoms with E-state index in [1.165, 1.54) is 11.0 Å². The molecule has 0 unspecified atom stereocenters. The maximum absolute atomic E-state index is 12.2. The van der Waals surface area contributed by atoms with Crippen LogP contribution >= 0.6 is 24.0 Å². The summed E-state index contributed by atoms with van der Waals surface area (Å²) < 4.78 is 0. The number of nitrogens with zero attached hydrogens (tertiary/aromatic N) is 1. The molecule has 0 aliphatic carbocycles. The van der Waals surface area contributed by atoms with Crippen LogP contribution in [0.15, 0.2) is 24.3 Å². The molecule has 0 saturated carbocycles. The molecule has 1 aliphatic rings. The van der Waals surface area contributed by atoms with Gasteiger partial charge >= 0.3 is 0 Å². The Hall–Kier alpha value is -1.27. The molecule has 1 saturated heterocycles. The third kappa shape index (κ3) is 2.59. The van der Waals surface area contributed by atoms with Crippen LogP contribution in [-0.2, 0) is 4.79 Å². The number of rotatable bonds is 4. The molecule has 0 bridgehead atoms. The summed E-state index contributed by atoms with van der Waals surface area (Å²) in [5, 5.41) is 12.9. The number of thioether (sulfide) groups is 1. The molecule has 0 aromatic heterocycles. The van der Waals surface area contributed by atoms with E-state index in [9.17, 15) is 9.90 Å². The summed E-state index contributed by atoms with van der Waals surface area (Å²) in [5.41, 5.74) is 0.601. The van der Waals surface area contributed by atoms with Gasteiger partial charge in [-0.1, -0.05) is 6.07 Å². The molecule has 1 aromatic carbocycles. The lowest BCUT2D eigenvalue weighted by molar-refractivity contribution is -0.118. The zero-order chi connectivity index (χ0) is 13.1. The molecular weight excluding hydrogens is 268 g/mol. The van der Waals surface area contributed by atoms with Crippen molar-refractivity contribution in [3.63, 3.8) is 0 Å². The van der Waals surface area contributed by atoms with E-state index in [2.05, 4.69) is 5.32 Å². The summed E-state index contributed by atoms with van der Waals surface area (Å²) in [6, 6.07) is 6.28. The highest BCUT2D eigenvalue weighted by Crippen LogP contribution is 2.24. The lowest BCUT2D eigenvalue weighted by Crippen LogP contribution is -2.31. The lowest BCUT2D eigenvalue weighted by Gasteiger charge is -2.14. The van der Waals surface area contributed by atoms with Crippen molar-refractivity contribution in [2.45, 2.75) is 12.5 Å². The number of nitrogens with one attached hydrogen (secondary N) is 1. The standard InChI is InChI=1S/C12H14N2O2S2/c1-18-6-5-10-11(16)14(12(17)13-10)8-3-2-4-9(15)7-8/h2-4,7,10,15H,5-6H2,1H3,(H,13,17)/t10-/m0/s1. The van der Waals surface area contributed by atoms with E-state index in [0.29, 0.717) is 10.8 Å². The summed E-state index contributed by atoms with van der Waals surface area (Å²) in [7, 11) is 0. The van der Waals surface area contributed by atoms with Gasteiger partial charge < -0.3 is 10.4 Å². The van der Waals surface area contributed by atoms with E-state index in [4.69, 9.17) is 12.2 Å². The number of hydrogen-bond acceptors (Lipinski definition) is 4. The minimum atomic E-state index is -0.257. The van der Waals surface area contributed by atoms with Crippen molar-refractivity contribution >= 4 is 40.7 Å². The van der Waals surface area contributed by atoms with Gasteiger partial charge in [0.1, 0.15) is 11.8 Å². The number of amides is 1. The Bertz CT molecular complexity index is 479. The molecule has 6 heteroatoms. The number of benzene rings is 1. The van der Waals surface area contributed by atoms with E-state index in [1.807, 2.05) is 6.26 Å². The Kier molecular flexibility index (Phi) is 4.08. The second kappa shape index (κ2) is 5.58. The Balaban J connectivity index is 2.19. The van der Waals surface area contributed by atoms with Crippen LogP contribution in [-0.4, -0.2) is 34.2 Å². The molecule has 2 rings (SSSR count). The smallest absolute Gasteiger partial charge is 0.255 e. The number of hydrogen-bond donors (Lipinski definition) is 2. The monoisotopic (exact) mass is 282 g/mol. The Morgan fingerprint density at radius 2 is 2.33 bits per heavy atom. The maximum Gasteiger partial charge on any atom is 0.255 e. The van der Waals surface area contributed by atoms with Crippen LogP contribution in [0.4, 0.5) is 5.69 Å². The van der Waals surface area contributed by atoms with Crippen LogP contribution in [0.25, 0.3) is 0 Å². The van der Waals surface area contributed by atoms with Gasteiger partial charge in [-0.3, -0.25) is 9.69 Å². The first-order valence-corrected chi connectivity index (χ1v) is 7.36. The van der Waals surface area contributed by atoms with Crippen LogP contribution in [0, 0.1) is 0 Å². The van der Waals surface area contributed by atoms with Gasteiger partial charge in [0, 0.05) is 6.07 Å². The molecule has 1 aliphatic heterocycles. The topological polar surface area (TPSA) is 52.6 Å². The average molecular weight is 282 g/mol. The van der Waals surface area contributed by atoms with E-state index >= 15 is 0 Å². The van der Waals surface area contributed by atoms with Crippen molar-refractivity contribution in [1.29, 1.82) is 0 Å². The van der Waals surface area contributed by atoms with Crippen molar-refractivity contribution < 1.29 is 9.90 Å². The van der Waals surface area contributed by atoms with E-state index in [-0.39, 0.29) is 17.7 Å². The van der Waals surface area contributed by atoms with E-state index in [1.54, 1.807) is 30.0 Å². The third-order valence-electron chi connectivity index (χ3n) is 2.72. The highest BCUT2D eigenvalue weighted by atomic mass is 32.2. The molecule has 0 spiro atoms. The summed E-state index contributed by atoms with van der Waals surface area (Å²) in [4.78, 5) is 13.7. The highest BCUT2D eigenvalue weighted by molar-refractivity contribution is 7.98. The molecule has 1 amide bonds. The summed E-state index contributed by atoms with van der Waals surface area (Å²) in [6.07, 6.45) is 2.75. The first-order valence-electron chi connectivity index (χ1n) is 5.56. The van der Waals surface area contributed by atoms with Gasteiger partial charge in [-0.05, 0) is 42.8 Å². The predicted octanol–water partition coefficient (Wildman–Crippen LogP) is 1.73. The fourth-order valence-corrected chi connectivity index (χ4v) is 2.65. The van der Waals surface area contributed by atoms with Crippen molar-refractivity contribution in [2.75, 3.05) is 16.9 Å². The Labute approximate surface area is 115 Å². The average Bonchev–Trinajstić information content (AvgIpc) is 2.62. The molecular formula is C12H14N2O2S2. The van der Waals surface area contributed by atoms with Crippen molar-refractivity contribution in [1.82, 2.24) is 5.32 Å². The molecule has 1 fully saturated rings. The van der Waals surface area contributed by atoms with Crippen LogP contribution in [0.1, 0.15) is 6.42 Å². The number of phenolic OH excluding ortho intramolecular Hbond substituents is 1. The van der Waals surface area contributed by atoms with Crippen molar-refractivity contribution in [3.8, 4) is 5.75 Å². The normalized spacial score (nSPS) is 19.2. The minimum absolute atomic E-state index is 0.0559. The molecule has 96 valence electrons. The second-order valence-electron chi connectivity index (χ2n) is 3.98. The molecule has 0 radical (unpaired) electrons. The highest BCUT2D eigenvalue weighted by Gasteiger charge is 2.35. The van der Waals surface area contributed by atoms with E-state index in [0.717, 1.165) is 12.2 Å². The fraction of sp³-hybridized carbons (Fsp3) is 0.333. The van der Waals surface area contributed by atoms with Gasteiger partial charge in [0.05, 0.1) is 5.69 Å². The number of thiocarbonyl (C=S) groups is 1. The van der Waals surface area contributed by atoms with Crippen LogP contribution in [0.3, 0.4) is 0 Å². The quantitative estimate of drug-likeness (QED) is 0.824. The van der Waals surface area contributed by atoms with Gasteiger partial charge in [0.15, 0.2) is 5.11 Å². The number of carbonyl (C=O) groups excluding carboxylic acids is 1. The molecule has 1 atom stereocenters. The minimum Gasteiger partial charge on any atom is -0.508 e. The van der Waals surface area contributed by atoms with Crippen LogP contribution in [0.2, 0.25) is 0 Å². The van der Waals surface area contributed by atoms with E-state index < -0.39 is 0 Å². The van der Waals surface area contributed by atoms with Gasteiger partial charge in [-0.15, -0.1) is 0 Å². The van der Waals surface area contributed by atoms with Gasteiger partial charge in [0.25, 0.3) is 5.91 Å². The van der Waals surface area contributed by atoms with Gasteiger partial charge in [0.2, 0.25) is 0 Å². The zero-order valence-electron chi connectivity index (χ0n) is 9.92. The number of anilines is 1. The first-order chi connectivity index (χ1) is 8.63. The van der Waals surface area contributed by atoms with Gasteiger partial charge in [-0.25, -0.2) is 0 Å². The summed E-state index contributed by atoms with van der Waals surface area (Å²) in [6.45, 7) is 0. The zero-order valence-corrected chi connectivity index (χ0v) is 11.6. The largest absolute Gasteiger partial charge is 0.508 e. The fourth-order valence-electron chi connectivity index (χ4n) is 1.84. The summed E-state index contributed by atoms with van der Waals surface area (Å²) in [5.74, 6) is 0.968. The number of carbonyl (C=O) groups is 1. The number of aromatic hydroxyl groups is 1. The molecule has 1 aromatic rings. The lowest BCUT2D eigenvalue weighted by atomic mass is 10.2. The molecule has 2 N–H and O–H groups in total.